The van der Waals surface area contributed by atoms with E-state index in [4.69, 9.17) is 9.47 Å². The van der Waals surface area contributed by atoms with Gasteiger partial charge in [0, 0.05) is 12.5 Å². The molecular weight excluding hydrogens is 310 g/mol. The zero-order valence-electron chi connectivity index (χ0n) is 9.84. The van der Waals surface area contributed by atoms with Crippen LogP contribution in [0.25, 0.3) is 0 Å². The van der Waals surface area contributed by atoms with E-state index in [9.17, 15) is 13.6 Å². The van der Waals surface area contributed by atoms with Gasteiger partial charge in [-0.2, -0.15) is 0 Å². The predicted octanol–water partition coefficient (Wildman–Crippen LogP) is 3.45. The van der Waals surface area contributed by atoms with Crippen LogP contribution in [-0.4, -0.2) is 19.2 Å². The molecule has 6 heteroatoms. The van der Waals surface area contributed by atoms with Crippen LogP contribution in [0.15, 0.2) is 16.6 Å². The standard InChI is InChI=1S/C12H13BrF2O3/c1-2-17-12(16)4-3-5-18-11-7-9(14)8(13)6-10(11)15/h6-7H,2-5H2,1H3. The Kier molecular flexibility index (Phi) is 6.04. The fourth-order valence-corrected chi connectivity index (χ4v) is 1.56. The van der Waals surface area contributed by atoms with E-state index < -0.39 is 11.6 Å². The van der Waals surface area contributed by atoms with Crippen LogP contribution in [0.3, 0.4) is 0 Å². The fraction of sp³-hybridized carbons (Fsp3) is 0.417. The first-order valence-electron chi connectivity index (χ1n) is 5.47. The molecule has 3 nitrogen and oxygen atoms in total. The molecular formula is C12H13BrF2O3. The second-order valence-electron chi connectivity index (χ2n) is 3.45. The van der Waals surface area contributed by atoms with Crippen molar-refractivity contribution in [1.29, 1.82) is 0 Å². The van der Waals surface area contributed by atoms with E-state index in [2.05, 4.69) is 15.9 Å². The molecule has 0 spiro atoms. The van der Waals surface area contributed by atoms with Crippen LogP contribution >= 0.6 is 15.9 Å². The van der Waals surface area contributed by atoms with Gasteiger partial charge in [-0.15, -0.1) is 0 Å². The third-order valence-corrected chi connectivity index (χ3v) is 2.67. The maximum Gasteiger partial charge on any atom is 0.305 e. The summed E-state index contributed by atoms with van der Waals surface area (Å²) in [7, 11) is 0. The molecule has 1 rings (SSSR count). The van der Waals surface area contributed by atoms with Gasteiger partial charge in [0.25, 0.3) is 0 Å². The number of carbonyl (C=O) groups excluding carboxylic acids is 1. The van der Waals surface area contributed by atoms with E-state index >= 15 is 0 Å². The van der Waals surface area contributed by atoms with Crippen LogP contribution in [0.5, 0.6) is 5.75 Å². The van der Waals surface area contributed by atoms with Gasteiger partial charge in [0.05, 0.1) is 17.7 Å². The van der Waals surface area contributed by atoms with Crippen LogP contribution in [0, 0.1) is 11.6 Å². The van der Waals surface area contributed by atoms with Gasteiger partial charge in [-0.25, -0.2) is 8.78 Å². The van der Waals surface area contributed by atoms with E-state index in [0.717, 1.165) is 12.1 Å². The molecule has 0 saturated carbocycles. The number of rotatable bonds is 6. The SMILES string of the molecule is CCOC(=O)CCCOc1cc(F)c(Br)cc1F. The third kappa shape index (κ3) is 4.60. The topological polar surface area (TPSA) is 35.5 Å². The summed E-state index contributed by atoms with van der Waals surface area (Å²) in [5.74, 6) is -1.75. The van der Waals surface area contributed by atoms with Gasteiger partial charge in [0.2, 0.25) is 0 Å². The molecule has 0 aliphatic rings. The Morgan fingerprint density at radius 1 is 1.33 bits per heavy atom. The van der Waals surface area contributed by atoms with Crippen LogP contribution in [-0.2, 0) is 9.53 Å². The summed E-state index contributed by atoms with van der Waals surface area (Å²) in [6, 6.07) is 1.96. The first-order chi connectivity index (χ1) is 8.54. The van der Waals surface area contributed by atoms with Crippen LogP contribution in [0.1, 0.15) is 19.8 Å². The van der Waals surface area contributed by atoms with Gasteiger partial charge >= 0.3 is 5.97 Å². The van der Waals surface area contributed by atoms with Gasteiger partial charge in [0.1, 0.15) is 5.82 Å². The van der Waals surface area contributed by atoms with Gasteiger partial charge in [0.15, 0.2) is 11.6 Å². The Balaban J connectivity index is 2.40. The van der Waals surface area contributed by atoms with Crippen molar-refractivity contribution in [3.8, 4) is 5.75 Å². The molecule has 0 amide bonds. The van der Waals surface area contributed by atoms with Gasteiger partial charge in [-0.1, -0.05) is 0 Å². The molecule has 18 heavy (non-hydrogen) atoms. The molecule has 0 atom stereocenters. The molecule has 0 aliphatic heterocycles. The second kappa shape index (κ2) is 7.31. The van der Waals surface area contributed by atoms with Crippen molar-refractivity contribution in [2.75, 3.05) is 13.2 Å². The molecule has 0 unspecified atom stereocenters. The van der Waals surface area contributed by atoms with Crippen molar-refractivity contribution in [1.82, 2.24) is 0 Å². The van der Waals surface area contributed by atoms with Crippen molar-refractivity contribution in [2.45, 2.75) is 19.8 Å². The van der Waals surface area contributed by atoms with E-state index in [1.54, 1.807) is 6.92 Å². The normalized spacial score (nSPS) is 10.2. The molecule has 100 valence electrons. The monoisotopic (exact) mass is 322 g/mol. The first-order valence-corrected chi connectivity index (χ1v) is 6.27. The Morgan fingerprint density at radius 2 is 2.06 bits per heavy atom. The van der Waals surface area contributed by atoms with Crippen molar-refractivity contribution >= 4 is 21.9 Å². The number of benzene rings is 1. The van der Waals surface area contributed by atoms with E-state index in [1.165, 1.54) is 0 Å². The summed E-state index contributed by atoms with van der Waals surface area (Å²) in [4.78, 5) is 11.0. The minimum Gasteiger partial charge on any atom is -0.490 e. The average molecular weight is 323 g/mol. The highest BCUT2D eigenvalue weighted by atomic mass is 79.9. The summed E-state index contributed by atoms with van der Waals surface area (Å²) >= 11 is 2.87. The average Bonchev–Trinajstić information content (AvgIpc) is 2.31. The lowest BCUT2D eigenvalue weighted by Gasteiger charge is -2.07. The van der Waals surface area contributed by atoms with Crippen molar-refractivity contribution in [3.05, 3.63) is 28.2 Å². The second-order valence-corrected chi connectivity index (χ2v) is 4.31. The summed E-state index contributed by atoms with van der Waals surface area (Å²) in [5.41, 5.74) is 0. The molecule has 0 aliphatic carbocycles. The molecule has 1 aromatic carbocycles. The Hall–Kier alpha value is -1.17. The minimum absolute atomic E-state index is 0.0406. The predicted molar refractivity (Wildman–Crippen MR) is 65.4 cm³/mol. The molecule has 0 aromatic heterocycles. The van der Waals surface area contributed by atoms with E-state index in [1.807, 2.05) is 0 Å². The van der Waals surface area contributed by atoms with Crippen LogP contribution < -0.4 is 4.74 Å². The zero-order valence-corrected chi connectivity index (χ0v) is 11.4. The number of hydrogen-bond donors (Lipinski definition) is 0. The lowest BCUT2D eigenvalue weighted by Crippen LogP contribution is -2.07. The smallest absolute Gasteiger partial charge is 0.305 e. The highest BCUT2D eigenvalue weighted by molar-refractivity contribution is 9.10. The van der Waals surface area contributed by atoms with E-state index in [-0.39, 0.29) is 29.2 Å². The van der Waals surface area contributed by atoms with Crippen molar-refractivity contribution in [2.24, 2.45) is 0 Å². The lowest BCUT2D eigenvalue weighted by atomic mass is 10.3. The molecule has 0 fully saturated rings. The van der Waals surface area contributed by atoms with Crippen molar-refractivity contribution < 1.29 is 23.0 Å². The summed E-state index contributed by atoms with van der Waals surface area (Å²) in [5, 5.41) is 0. The number of ether oxygens (including phenoxy) is 2. The molecule has 0 bridgehead atoms. The molecule has 1 aromatic rings. The minimum atomic E-state index is -0.653. The van der Waals surface area contributed by atoms with Crippen LogP contribution in [0.2, 0.25) is 0 Å². The highest BCUT2D eigenvalue weighted by Crippen LogP contribution is 2.25. The summed E-state index contributed by atoms with van der Waals surface area (Å²) in [6.45, 7) is 2.16. The molecule has 0 saturated heterocycles. The van der Waals surface area contributed by atoms with Gasteiger partial charge in [-0.3, -0.25) is 4.79 Å². The van der Waals surface area contributed by atoms with Crippen molar-refractivity contribution in [3.63, 3.8) is 0 Å². The number of halogens is 3. The van der Waals surface area contributed by atoms with Gasteiger partial charge in [-0.05, 0) is 35.3 Å². The fourth-order valence-electron chi connectivity index (χ4n) is 1.25. The maximum atomic E-state index is 13.3. The highest BCUT2D eigenvalue weighted by Gasteiger charge is 2.09. The number of esters is 1. The molecule has 0 radical (unpaired) electrons. The first kappa shape index (κ1) is 14.9. The van der Waals surface area contributed by atoms with Crippen LogP contribution in [0.4, 0.5) is 8.78 Å². The zero-order chi connectivity index (χ0) is 13.5. The molecule has 0 N–H and O–H groups in total. The Morgan fingerprint density at radius 3 is 2.72 bits per heavy atom. The Labute approximate surface area is 112 Å². The third-order valence-electron chi connectivity index (χ3n) is 2.06. The van der Waals surface area contributed by atoms with Gasteiger partial charge < -0.3 is 9.47 Å². The lowest BCUT2D eigenvalue weighted by molar-refractivity contribution is -0.143. The summed E-state index contributed by atoms with van der Waals surface area (Å²) in [6.07, 6.45) is 0.574. The Bertz CT molecular complexity index is 424. The maximum absolute atomic E-state index is 13.3. The molecule has 0 heterocycles. The quantitative estimate of drug-likeness (QED) is 0.457. The number of carbonyl (C=O) groups is 1. The number of hydrogen-bond acceptors (Lipinski definition) is 3. The van der Waals surface area contributed by atoms with E-state index in [0.29, 0.717) is 13.0 Å². The summed E-state index contributed by atoms with van der Waals surface area (Å²) < 4.78 is 36.3. The largest absolute Gasteiger partial charge is 0.490 e.